The lowest BCUT2D eigenvalue weighted by molar-refractivity contribution is 0.441. The Kier molecular flexibility index (Phi) is 5.82. The molecule has 11 rings (SSSR count). The lowest BCUT2D eigenvalue weighted by atomic mass is 9.52. The Labute approximate surface area is 304 Å². The minimum absolute atomic E-state index is 0.225. The molecule has 0 saturated carbocycles. The minimum atomic E-state index is -0.403. The monoisotopic (exact) mass is 669 g/mol. The van der Waals surface area contributed by atoms with E-state index >= 15 is 0 Å². The van der Waals surface area contributed by atoms with Crippen molar-refractivity contribution in [3.05, 3.63) is 180 Å². The highest BCUT2D eigenvalue weighted by atomic mass is 16.3. The van der Waals surface area contributed by atoms with Crippen molar-refractivity contribution in [2.24, 2.45) is 5.92 Å². The van der Waals surface area contributed by atoms with Crippen molar-refractivity contribution in [2.45, 2.75) is 44.1 Å². The lowest BCUT2D eigenvalue weighted by Crippen LogP contribution is -2.57. The minimum Gasteiger partial charge on any atom is -0.456 e. The van der Waals surface area contributed by atoms with E-state index in [1.54, 1.807) is 0 Å². The fraction of sp³-hybridized carbons (Fsp3) is 0.160. The predicted octanol–water partition coefficient (Wildman–Crippen LogP) is 13.2. The predicted molar refractivity (Wildman–Crippen MR) is 219 cm³/mol. The highest BCUT2D eigenvalue weighted by Gasteiger charge is 2.56. The maximum Gasteiger partial charge on any atom is 0.136 e. The molecule has 0 amide bonds. The molecule has 4 unspecified atom stereocenters. The number of nitrogens with zero attached hydrogens (tertiary/aromatic N) is 1. The zero-order chi connectivity index (χ0) is 35.0. The molecule has 2 heteroatoms. The second-order valence-electron chi connectivity index (χ2n) is 15.8. The van der Waals surface area contributed by atoms with Gasteiger partial charge in [0.2, 0.25) is 0 Å². The molecule has 250 valence electrons. The van der Waals surface area contributed by atoms with Gasteiger partial charge in [0.1, 0.15) is 11.2 Å². The molecule has 1 aromatic heterocycles. The maximum atomic E-state index is 6.43. The number of allylic oxidation sites excluding steroid dienone is 4. The summed E-state index contributed by atoms with van der Waals surface area (Å²) in [7, 11) is 0. The summed E-state index contributed by atoms with van der Waals surface area (Å²) in [5.74, 6) is 0.295. The summed E-state index contributed by atoms with van der Waals surface area (Å²) < 4.78 is 6.43. The number of furan rings is 1. The number of anilines is 2. The lowest BCUT2D eigenvalue weighted by Gasteiger charge is -2.59. The van der Waals surface area contributed by atoms with Crippen LogP contribution in [0.3, 0.4) is 0 Å². The Morgan fingerprint density at radius 2 is 1.19 bits per heavy atom. The van der Waals surface area contributed by atoms with Crippen molar-refractivity contribution in [1.82, 2.24) is 0 Å². The first kappa shape index (κ1) is 29.8. The van der Waals surface area contributed by atoms with E-state index in [-0.39, 0.29) is 10.8 Å². The quantitative estimate of drug-likeness (QED) is 0.135. The van der Waals surface area contributed by atoms with Crippen LogP contribution in [0, 0.1) is 5.92 Å². The highest BCUT2D eigenvalue weighted by molar-refractivity contribution is 6.34. The fourth-order valence-electron chi connectivity index (χ4n) is 10.7. The van der Waals surface area contributed by atoms with Crippen LogP contribution in [-0.4, -0.2) is 5.54 Å². The van der Waals surface area contributed by atoms with Gasteiger partial charge in [-0.15, -0.1) is 0 Å². The van der Waals surface area contributed by atoms with Crippen LogP contribution < -0.4 is 4.90 Å². The summed E-state index contributed by atoms with van der Waals surface area (Å²) in [6.07, 6.45) is 9.97. The first-order valence-electron chi connectivity index (χ1n) is 18.6. The van der Waals surface area contributed by atoms with E-state index in [0.717, 1.165) is 16.6 Å². The van der Waals surface area contributed by atoms with Gasteiger partial charge in [-0.05, 0) is 112 Å². The van der Waals surface area contributed by atoms with E-state index in [9.17, 15) is 0 Å². The molecule has 1 aliphatic heterocycles. The summed E-state index contributed by atoms with van der Waals surface area (Å²) in [6.45, 7) is 9.71. The Morgan fingerprint density at radius 1 is 0.538 bits per heavy atom. The first-order valence-corrected chi connectivity index (χ1v) is 18.6. The van der Waals surface area contributed by atoms with E-state index in [4.69, 9.17) is 4.42 Å². The van der Waals surface area contributed by atoms with Gasteiger partial charge in [-0.1, -0.05) is 128 Å². The second-order valence-corrected chi connectivity index (χ2v) is 15.8. The molecule has 7 aromatic carbocycles. The van der Waals surface area contributed by atoms with Gasteiger partial charge in [-0.3, -0.25) is 0 Å². The van der Waals surface area contributed by atoms with Crippen molar-refractivity contribution >= 4 is 65.6 Å². The Balaban J connectivity index is 1.24. The molecule has 0 saturated heterocycles. The third-order valence-electron chi connectivity index (χ3n) is 12.9. The van der Waals surface area contributed by atoms with Crippen molar-refractivity contribution < 1.29 is 4.42 Å². The summed E-state index contributed by atoms with van der Waals surface area (Å²) in [4.78, 5) is 2.64. The maximum absolute atomic E-state index is 6.43. The van der Waals surface area contributed by atoms with Crippen LogP contribution in [0.25, 0.3) is 54.3 Å². The van der Waals surface area contributed by atoms with E-state index in [0.29, 0.717) is 5.92 Å². The number of hydrogen-bond acceptors (Lipinski definition) is 2. The molecule has 0 N–H and O–H groups in total. The van der Waals surface area contributed by atoms with Gasteiger partial charge in [0.25, 0.3) is 0 Å². The molecule has 0 radical (unpaired) electrons. The van der Waals surface area contributed by atoms with Crippen LogP contribution in [0.1, 0.15) is 38.8 Å². The smallest absolute Gasteiger partial charge is 0.136 e. The van der Waals surface area contributed by atoms with Gasteiger partial charge >= 0.3 is 0 Å². The van der Waals surface area contributed by atoms with Gasteiger partial charge < -0.3 is 9.32 Å². The van der Waals surface area contributed by atoms with Gasteiger partial charge in [-0.25, -0.2) is 0 Å². The molecule has 2 aliphatic carbocycles. The third-order valence-corrected chi connectivity index (χ3v) is 12.9. The third kappa shape index (κ3) is 3.64. The fourth-order valence-corrected chi connectivity index (χ4v) is 10.7. The van der Waals surface area contributed by atoms with E-state index in [2.05, 4.69) is 190 Å². The van der Waals surface area contributed by atoms with Crippen LogP contribution in [-0.2, 0) is 10.8 Å². The molecule has 0 bridgehead atoms. The molecular weight excluding hydrogens is 631 g/mol. The number of fused-ring (bicyclic) bond motifs is 12. The molecule has 0 spiro atoms. The Bertz CT molecular complexity index is 2920. The van der Waals surface area contributed by atoms with Crippen molar-refractivity contribution in [1.29, 1.82) is 0 Å². The van der Waals surface area contributed by atoms with Gasteiger partial charge in [0.05, 0.1) is 5.54 Å². The summed E-state index contributed by atoms with van der Waals surface area (Å²) >= 11 is 0. The summed E-state index contributed by atoms with van der Waals surface area (Å²) in [5, 5.41) is 9.91. The summed E-state index contributed by atoms with van der Waals surface area (Å²) in [6, 6.07) is 49.2. The van der Waals surface area contributed by atoms with E-state index in [1.807, 2.05) is 0 Å². The van der Waals surface area contributed by atoms with Crippen molar-refractivity contribution in [3.8, 4) is 0 Å². The number of rotatable bonds is 2. The molecule has 0 fully saturated rings. The first-order chi connectivity index (χ1) is 25.3. The van der Waals surface area contributed by atoms with Crippen LogP contribution >= 0.6 is 0 Å². The molecule has 8 aromatic rings. The van der Waals surface area contributed by atoms with Crippen LogP contribution in [0.5, 0.6) is 0 Å². The largest absolute Gasteiger partial charge is 0.456 e. The van der Waals surface area contributed by atoms with Gasteiger partial charge in [-0.2, -0.15) is 0 Å². The zero-order valence-corrected chi connectivity index (χ0v) is 29.9. The number of benzene rings is 7. The topological polar surface area (TPSA) is 16.4 Å². The second kappa shape index (κ2) is 10.1. The summed E-state index contributed by atoms with van der Waals surface area (Å²) in [5.41, 5.74) is 9.13. The van der Waals surface area contributed by atoms with Gasteiger partial charge in [0, 0.05) is 38.4 Å². The number of hydrogen-bond donors (Lipinski definition) is 0. The average Bonchev–Trinajstić information content (AvgIpc) is 3.57. The molecule has 3 aliphatic rings. The van der Waals surface area contributed by atoms with E-state index in [1.165, 1.54) is 71.4 Å². The molecular formula is C50H39NO. The van der Waals surface area contributed by atoms with Crippen LogP contribution in [0.15, 0.2) is 173 Å². The highest BCUT2D eigenvalue weighted by Crippen LogP contribution is 2.62. The Morgan fingerprint density at radius 3 is 2.04 bits per heavy atom. The SMILES string of the molecule is CC1C=CC2(C)C3=C1C(C)(c1ccccc1)C=CC3(C)c1ccccc1N2c1ccc2c3ccccc3c3c(ccc4oc5ccccc5c43)c2c1. The standard InChI is InChI=1S/C50H39NO/c1-31-26-27-50(4)47-46(31)48(2,32-14-6-5-7-15-32)28-29-49(47,3)40-19-11-12-20-41(40)51(50)33-22-23-35-34-16-8-9-17-36(34)44-37(39(35)30-33)24-25-43-45(44)38-18-10-13-21-42(38)52-43/h5-31H,1-4H3. The normalized spacial score (nSPS) is 25.1. The molecule has 2 nitrogen and oxygen atoms in total. The molecule has 4 atom stereocenters. The van der Waals surface area contributed by atoms with Crippen LogP contribution in [0.4, 0.5) is 11.4 Å². The van der Waals surface area contributed by atoms with Crippen molar-refractivity contribution in [2.75, 3.05) is 4.90 Å². The van der Waals surface area contributed by atoms with Crippen LogP contribution in [0.2, 0.25) is 0 Å². The Hall–Kier alpha value is -5.86. The van der Waals surface area contributed by atoms with Crippen molar-refractivity contribution in [3.63, 3.8) is 0 Å². The average molecular weight is 670 g/mol. The number of para-hydroxylation sites is 2. The van der Waals surface area contributed by atoms with E-state index < -0.39 is 5.54 Å². The molecule has 52 heavy (non-hydrogen) atoms. The zero-order valence-electron chi connectivity index (χ0n) is 29.9. The molecule has 2 heterocycles. The van der Waals surface area contributed by atoms with Gasteiger partial charge in [0.15, 0.2) is 0 Å².